The van der Waals surface area contributed by atoms with Crippen LogP contribution in [0, 0.1) is 20.7 Å². The number of para-hydroxylation sites is 1. The molecule has 0 radical (unpaired) electrons. The summed E-state index contributed by atoms with van der Waals surface area (Å²) in [5.41, 5.74) is 2.05. The summed E-state index contributed by atoms with van der Waals surface area (Å²) in [4.78, 5) is 12.3. The van der Waals surface area contributed by atoms with Crippen molar-refractivity contribution >= 4 is 40.3 Å². The normalized spacial score (nSPS) is 10.9. The number of amides is 1. The first-order valence-corrected chi connectivity index (χ1v) is 9.78. The van der Waals surface area contributed by atoms with Crippen molar-refractivity contribution in [1.82, 2.24) is 0 Å². The third kappa shape index (κ3) is 5.90. The predicted molar refractivity (Wildman–Crippen MR) is 119 cm³/mol. The Morgan fingerprint density at radius 2 is 1.90 bits per heavy atom. The lowest BCUT2D eigenvalue weighted by Gasteiger charge is -2.09. The summed E-state index contributed by atoms with van der Waals surface area (Å²) >= 11 is 2.12. The zero-order valence-corrected chi connectivity index (χ0v) is 17.4. The summed E-state index contributed by atoms with van der Waals surface area (Å²) in [5, 5.41) is 12.1. The molecule has 3 aromatic carbocycles. The number of benzene rings is 3. The van der Waals surface area contributed by atoms with E-state index in [1.165, 1.54) is 18.2 Å². The van der Waals surface area contributed by atoms with E-state index < -0.39 is 5.91 Å². The molecule has 0 fully saturated rings. The molecule has 144 valence electrons. The van der Waals surface area contributed by atoms with Crippen molar-refractivity contribution in [3.05, 3.63) is 98.9 Å². The van der Waals surface area contributed by atoms with Gasteiger partial charge in [-0.05, 0) is 76.2 Å². The zero-order chi connectivity index (χ0) is 20.6. The summed E-state index contributed by atoms with van der Waals surface area (Å²) in [6.45, 7) is 0.242. The largest absolute Gasteiger partial charge is 0.488 e. The smallest absolute Gasteiger partial charge is 0.266 e. The van der Waals surface area contributed by atoms with E-state index in [0.717, 1.165) is 9.13 Å². The fourth-order valence-electron chi connectivity index (χ4n) is 2.55. The van der Waals surface area contributed by atoms with Gasteiger partial charge in [-0.1, -0.05) is 36.4 Å². The topological polar surface area (TPSA) is 62.1 Å². The number of halogens is 2. The maximum atomic E-state index is 13.3. The molecule has 29 heavy (non-hydrogen) atoms. The molecule has 0 aromatic heterocycles. The van der Waals surface area contributed by atoms with Crippen LogP contribution in [0.15, 0.2) is 78.4 Å². The minimum atomic E-state index is -0.472. The van der Waals surface area contributed by atoms with Crippen molar-refractivity contribution in [2.45, 2.75) is 6.61 Å². The summed E-state index contributed by atoms with van der Waals surface area (Å²) in [7, 11) is 0. The minimum Gasteiger partial charge on any atom is -0.488 e. The molecule has 0 unspecified atom stereocenters. The van der Waals surface area contributed by atoms with E-state index >= 15 is 0 Å². The van der Waals surface area contributed by atoms with Gasteiger partial charge < -0.3 is 10.1 Å². The lowest BCUT2D eigenvalue weighted by Crippen LogP contribution is -2.13. The van der Waals surface area contributed by atoms with Crippen LogP contribution in [0.3, 0.4) is 0 Å². The Morgan fingerprint density at radius 1 is 1.10 bits per heavy atom. The average Bonchev–Trinajstić information content (AvgIpc) is 2.72. The number of rotatable bonds is 6. The van der Waals surface area contributed by atoms with E-state index in [0.29, 0.717) is 17.0 Å². The fourth-order valence-corrected chi connectivity index (χ4v) is 3.24. The maximum Gasteiger partial charge on any atom is 0.266 e. The molecule has 4 nitrogen and oxygen atoms in total. The van der Waals surface area contributed by atoms with E-state index in [1.807, 2.05) is 18.2 Å². The van der Waals surface area contributed by atoms with Crippen molar-refractivity contribution in [2.24, 2.45) is 0 Å². The Bertz CT molecular complexity index is 1090. The van der Waals surface area contributed by atoms with E-state index in [9.17, 15) is 14.4 Å². The van der Waals surface area contributed by atoms with Gasteiger partial charge in [0.25, 0.3) is 5.91 Å². The molecule has 1 N–H and O–H groups in total. The van der Waals surface area contributed by atoms with Crippen LogP contribution < -0.4 is 10.1 Å². The second-order valence-electron chi connectivity index (χ2n) is 6.10. The molecule has 1 amide bonds. The molecule has 0 aliphatic heterocycles. The third-order valence-electron chi connectivity index (χ3n) is 3.95. The molecule has 6 heteroatoms. The second-order valence-corrected chi connectivity index (χ2v) is 7.26. The van der Waals surface area contributed by atoms with Crippen molar-refractivity contribution in [2.75, 3.05) is 5.32 Å². The SMILES string of the molecule is N#C/C(=C/c1ccc(OCc2cccc(F)c2)c(I)c1)C(=O)Nc1ccccc1. The molecule has 0 heterocycles. The standard InChI is InChI=1S/C23H16FIN2O2/c24-19-6-4-5-17(12-19)15-29-22-10-9-16(13-21(22)25)11-18(14-26)23(28)27-20-7-2-1-3-8-20/h1-13H,15H2,(H,27,28)/b18-11-. The summed E-state index contributed by atoms with van der Waals surface area (Å²) in [5.74, 6) is -0.140. The van der Waals surface area contributed by atoms with Crippen LogP contribution in [-0.2, 0) is 11.4 Å². The molecule has 0 aliphatic rings. The summed E-state index contributed by atoms with van der Waals surface area (Å²) in [6, 6.07) is 22.5. The summed E-state index contributed by atoms with van der Waals surface area (Å²) < 4.78 is 19.8. The van der Waals surface area contributed by atoms with Crippen LogP contribution in [0.1, 0.15) is 11.1 Å². The monoisotopic (exact) mass is 498 g/mol. The quantitative estimate of drug-likeness (QED) is 0.275. The molecule has 0 aliphatic carbocycles. The number of nitriles is 1. The van der Waals surface area contributed by atoms with Gasteiger partial charge in [0, 0.05) is 5.69 Å². The number of nitrogens with one attached hydrogen (secondary N) is 1. The van der Waals surface area contributed by atoms with Gasteiger partial charge in [-0.25, -0.2) is 4.39 Å². The Kier molecular flexibility index (Phi) is 6.98. The van der Waals surface area contributed by atoms with Gasteiger partial charge in [-0.15, -0.1) is 0 Å². The lowest BCUT2D eigenvalue weighted by atomic mass is 10.1. The Labute approximate surface area is 181 Å². The zero-order valence-electron chi connectivity index (χ0n) is 15.2. The first kappa shape index (κ1) is 20.6. The summed E-state index contributed by atoms with van der Waals surface area (Å²) in [6.07, 6.45) is 1.52. The van der Waals surface area contributed by atoms with Crippen molar-refractivity contribution < 1.29 is 13.9 Å². The molecular formula is C23H16FIN2O2. The predicted octanol–water partition coefficient (Wildman–Crippen LogP) is 5.55. The van der Waals surface area contributed by atoms with Gasteiger partial charge in [0.05, 0.1) is 3.57 Å². The number of nitrogens with zero attached hydrogens (tertiary/aromatic N) is 1. The molecule has 0 spiro atoms. The number of carbonyl (C=O) groups excluding carboxylic acids is 1. The molecule has 0 atom stereocenters. The van der Waals surface area contributed by atoms with Crippen LogP contribution in [0.25, 0.3) is 6.08 Å². The lowest BCUT2D eigenvalue weighted by molar-refractivity contribution is -0.112. The third-order valence-corrected chi connectivity index (χ3v) is 4.79. The van der Waals surface area contributed by atoms with Crippen LogP contribution in [0.2, 0.25) is 0 Å². The van der Waals surface area contributed by atoms with Gasteiger partial charge >= 0.3 is 0 Å². The number of hydrogen-bond acceptors (Lipinski definition) is 3. The van der Waals surface area contributed by atoms with Crippen LogP contribution >= 0.6 is 22.6 Å². The van der Waals surface area contributed by atoms with E-state index in [-0.39, 0.29) is 18.0 Å². The van der Waals surface area contributed by atoms with Gasteiger partial charge in [0.15, 0.2) is 0 Å². The Morgan fingerprint density at radius 3 is 2.59 bits per heavy atom. The number of carbonyl (C=O) groups is 1. The maximum absolute atomic E-state index is 13.3. The molecule has 3 aromatic rings. The van der Waals surface area contributed by atoms with Gasteiger partial charge in [-0.2, -0.15) is 5.26 Å². The van der Waals surface area contributed by atoms with Crippen LogP contribution in [0.4, 0.5) is 10.1 Å². The Hall–Kier alpha value is -3.18. The van der Waals surface area contributed by atoms with Crippen LogP contribution in [0.5, 0.6) is 5.75 Å². The van der Waals surface area contributed by atoms with Gasteiger partial charge in [-0.3, -0.25) is 4.79 Å². The second kappa shape index (κ2) is 9.85. The van der Waals surface area contributed by atoms with Gasteiger partial charge in [0.2, 0.25) is 0 Å². The fraction of sp³-hybridized carbons (Fsp3) is 0.0435. The number of ether oxygens (including phenoxy) is 1. The molecule has 0 bridgehead atoms. The average molecular weight is 498 g/mol. The van der Waals surface area contributed by atoms with Crippen molar-refractivity contribution in [1.29, 1.82) is 5.26 Å². The highest BCUT2D eigenvalue weighted by Crippen LogP contribution is 2.24. The Balaban J connectivity index is 1.71. The first-order valence-electron chi connectivity index (χ1n) is 8.70. The van der Waals surface area contributed by atoms with E-state index in [2.05, 4.69) is 27.9 Å². The highest BCUT2D eigenvalue weighted by Gasteiger charge is 2.10. The van der Waals surface area contributed by atoms with Crippen LogP contribution in [-0.4, -0.2) is 5.91 Å². The minimum absolute atomic E-state index is 0.00178. The number of hydrogen-bond donors (Lipinski definition) is 1. The molecular weight excluding hydrogens is 482 g/mol. The molecule has 3 rings (SSSR count). The molecule has 0 saturated heterocycles. The highest BCUT2D eigenvalue weighted by atomic mass is 127. The highest BCUT2D eigenvalue weighted by molar-refractivity contribution is 14.1. The molecule has 0 saturated carbocycles. The van der Waals surface area contributed by atoms with Gasteiger partial charge in [0.1, 0.15) is 29.8 Å². The van der Waals surface area contributed by atoms with Crippen molar-refractivity contribution in [3.63, 3.8) is 0 Å². The van der Waals surface area contributed by atoms with Crippen molar-refractivity contribution in [3.8, 4) is 11.8 Å². The van der Waals surface area contributed by atoms with E-state index in [1.54, 1.807) is 48.5 Å². The number of anilines is 1. The van der Waals surface area contributed by atoms with E-state index in [4.69, 9.17) is 4.74 Å². The first-order chi connectivity index (χ1) is 14.0.